The second-order valence-corrected chi connectivity index (χ2v) is 6.69. The molecule has 1 fully saturated rings. The Morgan fingerprint density at radius 2 is 1.59 bits per heavy atom. The Balaban J connectivity index is 1.52. The van der Waals surface area contributed by atoms with E-state index in [1.165, 1.54) is 0 Å². The molecule has 0 radical (unpaired) electrons. The largest absolute Gasteiger partial charge is 0.458 e. The Hall–Kier alpha value is -2.21. The summed E-state index contributed by atoms with van der Waals surface area (Å²) in [5.74, 6) is -0.220. The van der Waals surface area contributed by atoms with Gasteiger partial charge in [0.05, 0.1) is 32.8 Å². The van der Waals surface area contributed by atoms with E-state index in [1.807, 2.05) is 60.7 Å². The topological polar surface area (TPSA) is 48.0 Å². The number of nitrogens with zero attached hydrogens (tertiary/aromatic N) is 1. The van der Waals surface area contributed by atoms with Crippen LogP contribution in [0.3, 0.4) is 0 Å². The quantitative estimate of drug-likeness (QED) is 0.636. The van der Waals surface area contributed by atoms with Crippen LogP contribution < -0.4 is 0 Å². The van der Waals surface area contributed by atoms with Crippen molar-refractivity contribution in [3.8, 4) is 0 Å². The van der Waals surface area contributed by atoms with Gasteiger partial charge in [0, 0.05) is 19.6 Å². The Morgan fingerprint density at radius 3 is 2.26 bits per heavy atom. The maximum atomic E-state index is 12.4. The van der Waals surface area contributed by atoms with Crippen LogP contribution in [0.2, 0.25) is 0 Å². The molecule has 0 amide bonds. The zero-order valence-corrected chi connectivity index (χ0v) is 15.6. The van der Waals surface area contributed by atoms with Gasteiger partial charge >= 0.3 is 5.97 Å². The molecule has 144 valence electrons. The molecule has 1 saturated heterocycles. The molecule has 2 aromatic carbocycles. The minimum atomic E-state index is -0.289. The average molecular weight is 369 g/mol. The number of carbonyl (C=O) groups is 1. The van der Waals surface area contributed by atoms with Crippen molar-refractivity contribution in [2.45, 2.75) is 19.1 Å². The number of esters is 1. The smallest absolute Gasteiger partial charge is 0.310 e. The third kappa shape index (κ3) is 7.13. The number of rotatable bonds is 9. The number of benzene rings is 2. The summed E-state index contributed by atoms with van der Waals surface area (Å²) in [7, 11) is 0. The predicted octanol–water partition coefficient (Wildman–Crippen LogP) is 2.69. The van der Waals surface area contributed by atoms with E-state index in [1.54, 1.807) is 0 Å². The number of ether oxygens (including phenoxy) is 3. The van der Waals surface area contributed by atoms with Crippen LogP contribution in [-0.4, -0.2) is 56.4 Å². The van der Waals surface area contributed by atoms with Gasteiger partial charge in [-0.3, -0.25) is 9.69 Å². The molecule has 1 heterocycles. The molecule has 0 saturated carbocycles. The molecule has 1 aliphatic rings. The van der Waals surface area contributed by atoms with Gasteiger partial charge in [-0.15, -0.1) is 0 Å². The summed E-state index contributed by atoms with van der Waals surface area (Å²) in [4.78, 5) is 14.6. The molecule has 0 aliphatic carbocycles. The fraction of sp³-hybridized carbons (Fsp3) is 0.409. The lowest BCUT2D eigenvalue weighted by Gasteiger charge is -2.30. The Bertz CT molecular complexity index is 671. The van der Waals surface area contributed by atoms with Crippen molar-refractivity contribution >= 4 is 5.97 Å². The van der Waals surface area contributed by atoms with E-state index < -0.39 is 0 Å². The lowest BCUT2D eigenvalue weighted by atomic mass is 10.1. The SMILES string of the molecule is O=C(Cc1ccccc1)O[C@@H](COCc1ccccc1)CN1CCOCC1. The molecule has 0 spiro atoms. The summed E-state index contributed by atoms with van der Waals surface area (Å²) < 4.78 is 17.0. The van der Waals surface area contributed by atoms with Crippen LogP contribution in [-0.2, 0) is 32.0 Å². The van der Waals surface area contributed by atoms with E-state index in [0.29, 0.717) is 19.8 Å². The summed E-state index contributed by atoms with van der Waals surface area (Å²) >= 11 is 0. The average Bonchev–Trinajstić information content (AvgIpc) is 2.70. The zero-order chi connectivity index (χ0) is 18.7. The Morgan fingerprint density at radius 1 is 0.963 bits per heavy atom. The maximum absolute atomic E-state index is 12.4. The third-order valence-electron chi connectivity index (χ3n) is 4.47. The highest BCUT2D eigenvalue weighted by atomic mass is 16.6. The molecule has 0 aromatic heterocycles. The minimum Gasteiger partial charge on any atom is -0.458 e. The van der Waals surface area contributed by atoms with Crippen LogP contribution in [0.15, 0.2) is 60.7 Å². The van der Waals surface area contributed by atoms with Crippen molar-refractivity contribution in [2.24, 2.45) is 0 Å². The van der Waals surface area contributed by atoms with Crippen LogP contribution in [0.1, 0.15) is 11.1 Å². The fourth-order valence-electron chi connectivity index (χ4n) is 3.07. The second-order valence-electron chi connectivity index (χ2n) is 6.69. The van der Waals surface area contributed by atoms with Gasteiger partial charge in [0.15, 0.2) is 0 Å². The number of hydrogen-bond donors (Lipinski definition) is 0. The molecule has 0 bridgehead atoms. The second kappa shape index (κ2) is 10.8. The highest BCUT2D eigenvalue weighted by Crippen LogP contribution is 2.08. The molecule has 0 unspecified atom stereocenters. The lowest BCUT2D eigenvalue weighted by Crippen LogP contribution is -2.43. The van der Waals surface area contributed by atoms with Crippen molar-refractivity contribution in [3.63, 3.8) is 0 Å². The molecule has 1 atom stereocenters. The molecule has 5 nitrogen and oxygen atoms in total. The normalized spacial score (nSPS) is 16.0. The van der Waals surface area contributed by atoms with E-state index in [0.717, 1.165) is 37.4 Å². The molecular weight excluding hydrogens is 342 g/mol. The molecule has 3 rings (SSSR count). The maximum Gasteiger partial charge on any atom is 0.310 e. The van der Waals surface area contributed by atoms with Crippen molar-refractivity contribution in [1.82, 2.24) is 4.90 Å². The van der Waals surface area contributed by atoms with E-state index in [9.17, 15) is 4.79 Å². The van der Waals surface area contributed by atoms with Gasteiger partial charge in [-0.2, -0.15) is 0 Å². The first-order valence-corrected chi connectivity index (χ1v) is 9.45. The van der Waals surface area contributed by atoms with Crippen molar-refractivity contribution in [1.29, 1.82) is 0 Å². The van der Waals surface area contributed by atoms with Crippen molar-refractivity contribution in [3.05, 3.63) is 71.8 Å². The first-order valence-electron chi connectivity index (χ1n) is 9.45. The van der Waals surface area contributed by atoms with Gasteiger partial charge < -0.3 is 14.2 Å². The van der Waals surface area contributed by atoms with Gasteiger partial charge in [0.1, 0.15) is 6.10 Å². The van der Waals surface area contributed by atoms with Gasteiger partial charge in [0.25, 0.3) is 0 Å². The summed E-state index contributed by atoms with van der Waals surface area (Å²) in [5, 5.41) is 0. The highest BCUT2D eigenvalue weighted by molar-refractivity contribution is 5.72. The fourth-order valence-corrected chi connectivity index (χ4v) is 3.07. The van der Waals surface area contributed by atoms with Crippen molar-refractivity contribution < 1.29 is 19.0 Å². The van der Waals surface area contributed by atoms with Gasteiger partial charge in [-0.1, -0.05) is 60.7 Å². The van der Waals surface area contributed by atoms with E-state index in [4.69, 9.17) is 14.2 Å². The van der Waals surface area contributed by atoms with Crippen LogP contribution >= 0.6 is 0 Å². The molecule has 27 heavy (non-hydrogen) atoms. The molecule has 1 aliphatic heterocycles. The summed E-state index contributed by atoms with van der Waals surface area (Å²) in [5.41, 5.74) is 2.07. The zero-order valence-electron chi connectivity index (χ0n) is 15.6. The predicted molar refractivity (Wildman–Crippen MR) is 103 cm³/mol. The summed E-state index contributed by atoms with van der Waals surface area (Å²) in [6, 6.07) is 19.7. The first kappa shape index (κ1) is 19.5. The van der Waals surface area contributed by atoms with Crippen LogP contribution in [0.5, 0.6) is 0 Å². The van der Waals surface area contributed by atoms with Crippen molar-refractivity contribution in [2.75, 3.05) is 39.5 Å². The first-order chi connectivity index (χ1) is 13.3. The van der Waals surface area contributed by atoms with E-state index >= 15 is 0 Å². The summed E-state index contributed by atoms with van der Waals surface area (Å²) in [6.07, 6.45) is -0.0119. The third-order valence-corrected chi connectivity index (χ3v) is 4.47. The van der Waals surface area contributed by atoms with E-state index in [-0.39, 0.29) is 18.5 Å². The van der Waals surface area contributed by atoms with E-state index in [2.05, 4.69) is 4.90 Å². The van der Waals surface area contributed by atoms with Gasteiger partial charge in [0.2, 0.25) is 0 Å². The Labute approximate surface area is 160 Å². The van der Waals surface area contributed by atoms with Crippen LogP contribution in [0, 0.1) is 0 Å². The lowest BCUT2D eigenvalue weighted by molar-refractivity contribution is -0.153. The number of hydrogen-bond acceptors (Lipinski definition) is 5. The molecule has 0 N–H and O–H groups in total. The van der Waals surface area contributed by atoms with Crippen LogP contribution in [0.4, 0.5) is 0 Å². The molecule has 5 heteroatoms. The van der Waals surface area contributed by atoms with Crippen LogP contribution in [0.25, 0.3) is 0 Å². The highest BCUT2D eigenvalue weighted by Gasteiger charge is 2.20. The van der Waals surface area contributed by atoms with Gasteiger partial charge in [-0.25, -0.2) is 0 Å². The molecular formula is C22H27NO4. The number of morpholine rings is 1. The standard InChI is InChI=1S/C22H27NO4/c24-22(15-19-7-3-1-4-8-19)27-21(16-23-11-13-25-14-12-23)18-26-17-20-9-5-2-6-10-20/h1-10,21H,11-18H2/t21-/m1/s1. The van der Waals surface area contributed by atoms with Gasteiger partial charge in [-0.05, 0) is 11.1 Å². The molecule has 2 aromatic rings. The Kier molecular flexibility index (Phi) is 7.84. The monoisotopic (exact) mass is 369 g/mol. The number of carbonyl (C=O) groups excluding carboxylic acids is 1. The minimum absolute atomic E-state index is 0.220. The summed E-state index contributed by atoms with van der Waals surface area (Å²) in [6.45, 7) is 4.70.